The van der Waals surface area contributed by atoms with Gasteiger partial charge in [-0.25, -0.2) is 8.78 Å². The molecular weight excluding hydrogens is 396 g/mol. The number of carbonyl (C=O) groups excluding carboxylic acids is 1. The van der Waals surface area contributed by atoms with Crippen molar-refractivity contribution in [2.45, 2.75) is 43.0 Å². The van der Waals surface area contributed by atoms with Crippen molar-refractivity contribution in [3.05, 3.63) is 33.8 Å². The average Bonchev–Trinajstić information content (AvgIpc) is 2.53. The molecule has 2 nitrogen and oxygen atoms in total. The normalized spacial score (nSPS) is 23.2. The van der Waals surface area contributed by atoms with Gasteiger partial charge in [-0.3, -0.25) is 4.79 Å². The van der Waals surface area contributed by atoms with Gasteiger partial charge in [-0.1, -0.05) is 51.1 Å². The zero-order valence-electron chi connectivity index (χ0n) is 10.8. The maximum absolute atomic E-state index is 13.8. The predicted molar refractivity (Wildman–Crippen MR) is 81.1 cm³/mol. The van der Waals surface area contributed by atoms with Crippen molar-refractivity contribution in [2.75, 3.05) is 0 Å². The highest BCUT2D eigenvalue weighted by atomic mass is 79.9. The minimum Gasteiger partial charge on any atom is -0.348 e. The van der Waals surface area contributed by atoms with Gasteiger partial charge in [0.15, 0.2) is 0 Å². The van der Waals surface area contributed by atoms with E-state index in [9.17, 15) is 13.6 Å². The van der Waals surface area contributed by atoms with Crippen molar-refractivity contribution in [2.24, 2.45) is 0 Å². The van der Waals surface area contributed by atoms with Crippen molar-refractivity contribution < 1.29 is 13.6 Å². The molecule has 1 aromatic rings. The van der Waals surface area contributed by atoms with Crippen LogP contribution in [0.3, 0.4) is 0 Å². The van der Waals surface area contributed by atoms with Gasteiger partial charge in [-0.15, -0.1) is 0 Å². The van der Waals surface area contributed by atoms with Crippen LogP contribution in [0.5, 0.6) is 0 Å². The van der Waals surface area contributed by atoms with Gasteiger partial charge in [-0.05, 0) is 25.0 Å². The van der Waals surface area contributed by atoms with Crippen LogP contribution in [-0.4, -0.2) is 16.8 Å². The van der Waals surface area contributed by atoms with E-state index in [-0.39, 0.29) is 15.3 Å². The fraction of sp³-hybridized carbons (Fsp3) is 0.500. The van der Waals surface area contributed by atoms with Crippen LogP contribution in [0.2, 0.25) is 0 Å². The van der Waals surface area contributed by atoms with E-state index >= 15 is 0 Å². The lowest BCUT2D eigenvalue weighted by molar-refractivity contribution is 0.0926. The first-order valence-electron chi connectivity index (χ1n) is 6.58. The quantitative estimate of drug-likeness (QED) is 0.562. The van der Waals surface area contributed by atoms with Crippen molar-refractivity contribution >= 4 is 37.8 Å². The zero-order valence-corrected chi connectivity index (χ0v) is 13.9. The molecule has 1 aromatic carbocycles. The molecule has 0 spiro atoms. The molecule has 1 saturated carbocycles. The third kappa shape index (κ3) is 3.79. The van der Waals surface area contributed by atoms with E-state index in [0.29, 0.717) is 0 Å². The predicted octanol–water partition coefficient (Wildman–Crippen LogP) is 4.55. The SMILES string of the molecule is O=C(NC1CCCCCC1Br)c1c(F)cc(Br)cc1F. The van der Waals surface area contributed by atoms with Crippen molar-refractivity contribution in [3.63, 3.8) is 0 Å². The van der Waals surface area contributed by atoms with E-state index in [1.54, 1.807) is 0 Å². The minimum atomic E-state index is -0.853. The van der Waals surface area contributed by atoms with Gasteiger partial charge in [0.1, 0.15) is 17.2 Å². The second-order valence-electron chi connectivity index (χ2n) is 4.98. The Hall–Kier alpha value is -0.490. The molecule has 2 atom stereocenters. The van der Waals surface area contributed by atoms with Crippen LogP contribution in [-0.2, 0) is 0 Å². The minimum absolute atomic E-state index is 0.0903. The number of benzene rings is 1. The fourth-order valence-electron chi connectivity index (χ4n) is 2.42. The monoisotopic (exact) mass is 409 g/mol. The highest BCUT2D eigenvalue weighted by molar-refractivity contribution is 9.10. The Balaban J connectivity index is 2.15. The number of rotatable bonds is 2. The molecular formula is C14H15Br2F2NO. The Labute approximate surface area is 133 Å². The van der Waals surface area contributed by atoms with Crippen LogP contribution in [0.25, 0.3) is 0 Å². The van der Waals surface area contributed by atoms with E-state index in [1.165, 1.54) is 0 Å². The first-order valence-corrected chi connectivity index (χ1v) is 8.29. The van der Waals surface area contributed by atoms with E-state index in [2.05, 4.69) is 37.2 Å². The molecule has 1 aliphatic carbocycles. The topological polar surface area (TPSA) is 29.1 Å². The fourth-order valence-corrected chi connectivity index (χ4v) is 3.55. The van der Waals surface area contributed by atoms with Crippen LogP contribution in [0, 0.1) is 11.6 Å². The number of alkyl halides is 1. The molecule has 2 unspecified atom stereocenters. The van der Waals surface area contributed by atoms with Crippen molar-refractivity contribution in [1.29, 1.82) is 0 Å². The van der Waals surface area contributed by atoms with E-state index < -0.39 is 23.1 Å². The Morgan fingerprint density at radius 2 is 1.75 bits per heavy atom. The molecule has 0 heterocycles. The maximum Gasteiger partial charge on any atom is 0.257 e. The molecule has 1 aliphatic rings. The summed E-state index contributed by atoms with van der Waals surface area (Å²) < 4.78 is 27.8. The zero-order chi connectivity index (χ0) is 14.7. The van der Waals surface area contributed by atoms with Crippen LogP contribution < -0.4 is 5.32 Å². The number of carbonyl (C=O) groups is 1. The van der Waals surface area contributed by atoms with Crippen LogP contribution >= 0.6 is 31.9 Å². The smallest absolute Gasteiger partial charge is 0.257 e. The summed E-state index contributed by atoms with van der Waals surface area (Å²) in [5, 5.41) is 2.74. The second kappa shape index (κ2) is 6.98. The lowest BCUT2D eigenvalue weighted by Gasteiger charge is -2.21. The van der Waals surface area contributed by atoms with Crippen LogP contribution in [0.15, 0.2) is 16.6 Å². The molecule has 0 saturated heterocycles. The number of hydrogen-bond acceptors (Lipinski definition) is 1. The average molecular weight is 411 g/mol. The van der Waals surface area contributed by atoms with Gasteiger partial charge < -0.3 is 5.32 Å². The third-order valence-corrected chi connectivity index (χ3v) is 5.04. The van der Waals surface area contributed by atoms with Gasteiger partial charge in [0.05, 0.1) is 0 Å². The molecule has 6 heteroatoms. The number of amides is 1. The maximum atomic E-state index is 13.8. The van der Waals surface area contributed by atoms with E-state index in [0.717, 1.165) is 44.2 Å². The van der Waals surface area contributed by atoms with E-state index in [1.807, 2.05) is 0 Å². The molecule has 0 radical (unpaired) electrons. The number of hydrogen-bond donors (Lipinski definition) is 1. The van der Waals surface area contributed by atoms with Gasteiger partial charge >= 0.3 is 0 Å². The number of halogens is 4. The Kier molecular flexibility index (Phi) is 5.55. The standard InChI is InChI=1S/C14H15Br2F2NO/c15-8-6-10(17)13(11(18)7-8)14(20)19-12-5-3-1-2-4-9(12)16/h6-7,9,12H,1-5H2,(H,19,20). The summed E-state index contributed by atoms with van der Waals surface area (Å²) in [6, 6.07) is 2.10. The lowest BCUT2D eigenvalue weighted by Crippen LogP contribution is -2.41. The molecule has 0 aliphatic heterocycles. The first-order chi connectivity index (χ1) is 9.49. The van der Waals surface area contributed by atoms with Gasteiger partial charge in [0.2, 0.25) is 0 Å². The van der Waals surface area contributed by atoms with Gasteiger partial charge in [-0.2, -0.15) is 0 Å². The second-order valence-corrected chi connectivity index (χ2v) is 7.07. The van der Waals surface area contributed by atoms with Crippen molar-refractivity contribution in [3.8, 4) is 0 Å². The summed E-state index contributed by atoms with van der Waals surface area (Å²) in [6.45, 7) is 0. The molecule has 20 heavy (non-hydrogen) atoms. The Morgan fingerprint density at radius 1 is 1.15 bits per heavy atom. The van der Waals surface area contributed by atoms with E-state index in [4.69, 9.17) is 0 Å². The molecule has 110 valence electrons. The summed E-state index contributed by atoms with van der Waals surface area (Å²) in [5.41, 5.74) is -0.517. The molecule has 1 amide bonds. The Bertz CT molecular complexity index is 487. The largest absolute Gasteiger partial charge is 0.348 e. The summed E-state index contributed by atoms with van der Waals surface area (Å²) in [5.74, 6) is -2.40. The molecule has 2 rings (SSSR count). The molecule has 1 N–H and O–H groups in total. The Morgan fingerprint density at radius 3 is 2.40 bits per heavy atom. The highest BCUT2D eigenvalue weighted by Crippen LogP contribution is 2.25. The highest BCUT2D eigenvalue weighted by Gasteiger charge is 2.26. The summed E-state index contributed by atoms with van der Waals surface area (Å²) >= 11 is 6.54. The third-order valence-electron chi connectivity index (χ3n) is 3.48. The molecule has 0 aromatic heterocycles. The first kappa shape index (κ1) is 15.9. The lowest BCUT2D eigenvalue weighted by atomic mass is 10.1. The van der Waals surface area contributed by atoms with Crippen molar-refractivity contribution in [1.82, 2.24) is 5.32 Å². The summed E-state index contributed by atoms with van der Waals surface area (Å²) in [4.78, 5) is 12.2. The number of nitrogens with one attached hydrogen (secondary N) is 1. The van der Waals surface area contributed by atoms with Gasteiger partial charge in [0.25, 0.3) is 5.91 Å². The van der Waals surface area contributed by atoms with Gasteiger partial charge in [0, 0.05) is 15.3 Å². The van der Waals surface area contributed by atoms with Crippen LogP contribution in [0.4, 0.5) is 8.78 Å². The molecule has 1 fully saturated rings. The summed E-state index contributed by atoms with van der Waals surface area (Å²) in [6.07, 6.45) is 5.01. The molecule has 0 bridgehead atoms. The summed E-state index contributed by atoms with van der Waals surface area (Å²) in [7, 11) is 0. The van der Waals surface area contributed by atoms with Crippen LogP contribution in [0.1, 0.15) is 42.5 Å².